The summed E-state index contributed by atoms with van der Waals surface area (Å²) in [4.78, 5) is 33.2. The van der Waals surface area contributed by atoms with E-state index in [2.05, 4.69) is 15.3 Å². The van der Waals surface area contributed by atoms with Crippen LogP contribution in [0.1, 0.15) is 24.2 Å². The van der Waals surface area contributed by atoms with Crippen LogP contribution in [0, 0.1) is 5.92 Å². The molecule has 0 saturated carbocycles. The number of nitrogens with zero attached hydrogens (tertiary/aromatic N) is 2. The van der Waals surface area contributed by atoms with Crippen molar-refractivity contribution in [3.05, 3.63) is 70.6 Å². The predicted molar refractivity (Wildman–Crippen MR) is 107 cm³/mol. The number of para-hydroxylation sites is 2. The molecule has 2 heterocycles. The second-order valence-electron chi connectivity index (χ2n) is 7.00. The Balaban J connectivity index is 1.78. The summed E-state index contributed by atoms with van der Waals surface area (Å²) in [5.74, 6) is 0.366. The zero-order valence-electron chi connectivity index (χ0n) is 15.2. The minimum absolute atomic E-state index is 0.0837. The fourth-order valence-corrected chi connectivity index (χ4v) is 3.24. The fourth-order valence-electron chi connectivity index (χ4n) is 3.24. The first-order valence-electron chi connectivity index (χ1n) is 8.91. The Morgan fingerprint density at radius 2 is 1.81 bits per heavy atom. The number of hydrogen-bond acceptors (Lipinski definition) is 3. The zero-order chi connectivity index (χ0) is 19.0. The van der Waals surface area contributed by atoms with Gasteiger partial charge in [0, 0.05) is 23.5 Å². The summed E-state index contributed by atoms with van der Waals surface area (Å²) in [5.41, 5.74) is 2.00. The van der Waals surface area contributed by atoms with E-state index in [0.29, 0.717) is 28.8 Å². The summed E-state index contributed by atoms with van der Waals surface area (Å²) in [7, 11) is 0. The average molecular weight is 360 g/mol. The second kappa shape index (κ2) is 6.72. The largest absolute Gasteiger partial charge is 0.324 e. The van der Waals surface area contributed by atoms with Gasteiger partial charge in [-0.25, -0.2) is 4.98 Å². The summed E-state index contributed by atoms with van der Waals surface area (Å²) < 4.78 is 1.61. The average Bonchev–Trinajstić information content (AvgIpc) is 3.06. The van der Waals surface area contributed by atoms with E-state index >= 15 is 0 Å². The van der Waals surface area contributed by atoms with Gasteiger partial charge in [-0.1, -0.05) is 44.2 Å². The van der Waals surface area contributed by atoms with E-state index in [9.17, 15) is 9.59 Å². The lowest BCUT2D eigenvalue weighted by Gasteiger charge is -2.13. The Bertz CT molecular complexity index is 1170. The van der Waals surface area contributed by atoms with Crippen LogP contribution in [0.25, 0.3) is 21.8 Å². The molecule has 6 nitrogen and oxygen atoms in total. The van der Waals surface area contributed by atoms with Crippen LogP contribution in [0.4, 0.5) is 5.95 Å². The number of H-pyrrole nitrogens is 1. The van der Waals surface area contributed by atoms with Crippen LogP contribution in [0.3, 0.4) is 0 Å². The minimum atomic E-state index is -0.303. The van der Waals surface area contributed by atoms with Gasteiger partial charge < -0.3 is 9.55 Å². The molecule has 2 aromatic carbocycles. The number of aromatic amines is 1. The van der Waals surface area contributed by atoms with Crippen molar-refractivity contribution in [1.82, 2.24) is 14.5 Å². The van der Waals surface area contributed by atoms with E-state index in [1.807, 2.05) is 50.2 Å². The first-order chi connectivity index (χ1) is 13.0. The predicted octanol–water partition coefficient (Wildman–Crippen LogP) is 3.79. The van der Waals surface area contributed by atoms with Gasteiger partial charge in [0.05, 0.1) is 16.6 Å². The summed E-state index contributed by atoms with van der Waals surface area (Å²) in [6, 6.07) is 14.8. The van der Waals surface area contributed by atoms with E-state index in [1.165, 1.54) is 0 Å². The van der Waals surface area contributed by atoms with Gasteiger partial charge in [-0.15, -0.1) is 0 Å². The molecule has 0 aliphatic heterocycles. The van der Waals surface area contributed by atoms with Gasteiger partial charge in [0.1, 0.15) is 0 Å². The Morgan fingerprint density at radius 1 is 1.11 bits per heavy atom. The lowest BCUT2D eigenvalue weighted by atomic mass is 10.1. The van der Waals surface area contributed by atoms with E-state index < -0.39 is 0 Å². The monoisotopic (exact) mass is 360 g/mol. The van der Waals surface area contributed by atoms with Crippen LogP contribution in [-0.2, 0) is 6.54 Å². The molecule has 0 unspecified atom stereocenters. The van der Waals surface area contributed by atoms with Crippen LogP contribution in [0.2, 0.25) is 0 Å². The molecule has 2 N–H and O–H groups in total. The molecule has 0 radical (unpaired) electrons. The number of imidazole rings is 1. The van der Waals surface area contributed by atoms with Crippen molar-refractivity contribution < 1.29 is 4.79 Å². The number of benzene rings is 2. The molecule has 4 rings (SSSR count). The smallest absolute Gasteiger partial charge is 0.260 e. The summed E-state index contributed by atoms with van der Waals surface area (Å²) in [6.45, 7) is 4.63. The molecule has 0 bridgehead atoms. The summed E-state index contributed by atoms with van der Waals surface area (Å²) in [6.07, 6.45) is 1.64. The molecule has 27 heavy (non-hydrogen) atoms. The van der Waals surface area contributed by atoms with Crippen LogP contribution >= 0.6 is 0 Å². The van der Waals surface area contributed by atoms with Crippen molar-refractivity contribution in [3.63, 3.8) is 0 Å². The highest BCUT2D eigenvalue weighted by Crippen LogP contribution is 2.19. The highest BCUT2D eigenvalue weighted by molar-refractivity contribution is 6.12. The number of nitrogens with one attached hydrogen (secondary N) is 2. The lowest BCUT2D eigenvalue weighted by Crippen LogP contribution is -2.25. The number of anilines is 1. The van der Waals surface area contributed by atoms with Crippen LogP contribution in [0.15, 0.2) is 59.5 Å². The SMILES string of the molecule is CC(C)Cn1cc(C(=O)Nc2nc3ccccc3[nH]2)c2ccccc2c1=O. The Kier molecular flexibility index (Phi) is 4.24. The number of hydrogen-bond donors (Lipinski definition) is 2. The molecular weight excluding hydrogens is 340 g/mol. The van der Waals surface area contributed by atoms with Crippen molar-refractivity contribution in [2.24, 2.45) is 5.92 Å². The normalized spacial score (nSPS) is 11.4. The maximum Gasteiger partial charge on any atom is 0.260 e. The molecule has 0 atom stereocenters. The lowest BCUT2D eigenvalue weighted by molar-refractivity contribution is 0.102. The fraction of sp³-hybridized carbons (Fsp3) is 0.190. The van der Waals surface area contributed by atoms with E-state index in [4.69, 9.17) is 0 Å². The van der Waals surface area contributed by atoms with Crippen molar-refractivity contribution in [2.75, 3.05) is 5.32 Å². The van der Waals surface area contributed by atoms with Crippen LogP contribution in [0.5, 0.6) is 0 Å². The third-order valence-electron chi connectivity index (χ3n) is 4.42. The molecule has 0 aliphatic carbocycles. The molecule has 2 aromatic heterocycles. The minimum Gasteiger partial charge on any atom is -0.324 e. The third-order valence-corrected chi connectivity index (χ3v) is 4.42. The Hall–Kier alpha value is -3.41. The van der Waals surface area contributed by atoms with E-state index in [-0.39, 0.29) is 17.4 Å². The van der Waals surface area contributed by atoms with E-state index in [0.717, 1.165) is 11.0 Å². The van der Waals surface area contributed by atoms with Gasteiger partial charge in [0.15, 0.2) is 0 Å². The van der Waals surface area contributed by atoms with E-state index in [1.54, 1.807) is 22.9 Å². The number of carbonyl (C=O) groups is 1. The van der Waals surface area contributed by atoms with Crippen LogP contribution < -0.4 is 10.9 Å². The first-order valence-corrected chi connectivity index (χ1v) is 8.91. The molecule has 0 aliphatic rings. The van der Waals surface area contributed by atoms with Crippen molar-refractivity contribution >= 4 is 33.7 Å². The highest BCUT2D eigenvalue weighted by atomic mass is 16.2. The van der Waals surface area contributed by atoms with Gasteiger partial charge in [0.25, 0.3) is 11.5 Å². The van der Waals surface area contributed by atoms with Crippen molar-refractivity contribution in [3.8, 4) is 0 Å². The number of amides is 1. The summed E-state index contributed by atoms with van der Waals surface area (Å²) >= 11 is 0. The Morgan fingerprint density at radius 3 is 2.56 bits per heavy atom. The van der Waals surface area contributed by atoms with Gasteiger partial charge in [-0.05, 0) is 24.1 Å². The molecule has 1 amide bonds. The first kappa shape index (κ1) is 17.0. The topological polar surface area (TPSA) is 79.8 Å². The molecule has 0 saturated heterocycles. The number of rotatable bonds is 4. The van der Waals surface area contributed by atoms with Gasteiger partial charge in [-0.2, -0.15) is 0 Å². The standard InChI is InChI=1S/C21H20N4O2/c1-13(2)11-25-12-16(14-7-3-4-8-15(14)20(25)27)19(26)24-21-22-17-9-5-6-10-18(17)23-21/h3-10,12-13H,11H2,1-2H3,(H2,22,23,24,26). The quantitative estimate of drug-likeness (QED) is 0.581. The molecule has 6 heteroatoms. The van der Waals surface area contributed by atoms with Gasteiger partial charge in [0.2, 0.25) is 5.95 Å². The van der Waals surface area contributed by atoms with Gasteiger partial charge >= 0.3 is 0 Å². The highest BCUT2D eigenvalue weighted by Gasteiger charge is 2.16. The number of carbonyl (C=O) groups excluding carboxylic acids is 1. The second-order valence-corrected chi connectivity index (χ2v) is 7.00. The molecule has 136 valence electrons. The van der Waals surface area contributed by atoms with Gasteiger partial charge in [-0.3, -0.25) is 14.9 Å². The molecule has 4 aromatic rings. The van der Waals surface area contributed by atoms with Crippen LogP contribution in [-0.4, -0.2) is 20.4 Å². The maximum absolute atomic E-state index is 13.0. The molecule has 0 fully saturated rings. The number of pyridine rings is 1. The number of aromatic nitrogens is 3. The maximum atomic E-state index is 13.0. The Labute approximate surface area is 155 Å². The van der Waals surface area contributed by atoms with Crippen molar-refractivity contribution in [1.29, 1.82) is 0 Å². The zero-order valence-corrected chi connectivity index (χ0v) is 15.2. The van der Waals surface area contributed by atoms with Crippen molar-refractivity contribution in [2.45, 2.75) is 20.4 Å². The molecular formula is C21H20N4O2. The number of fused-ring (bicyclic) bond motifs is 2. The molecule has 0 spiro atoms. The third kappa shape index (κ3) is 3.21. The summed E-state index contributed by atoms with van der Waals surface area (Å²) in [5, 5.41) is 3.99.